The van der Waals surface area contributed by atoms with E-state index in [9.17, 15) is 0 Å². The second-order valence-corrected chi connectivity index (χ2v) is 8.04. The molecule has 1 N–H and O–H groups in total. The van der Waals surface area contributed by atoms with Crippen molar-refractivity contribution in [1.82, 2.24) is 20.0 Å². The summed E-state index contributed by atoms with van der Waals surface area (Å²) in [4.78, 5) is 12.4. The van der Waals surface area contributed by atoms with Crippen molar-refractivity contribution in [1.29, 1.82) is 0 Å². The zero-order chi connectivity index (χ0) is 17.1. The fraction of sp³-hybridized carbons (Fsp3) is 0.944. The van der Waals surface area contributed by atoms with Crippen LogP contribution in [0.15, 0.2) is 4.99 Å². The molecule has 0 saturated carbocycles. The predicted molar refractivity (Wildman–Crippen MR) is 115 cm³/mol. The van der Waals surface area contributed by atoms with Gasteiger partial charge in [-0.05, 0) is 27.3 Å². The molecular weight excluding hydrogens is 413 g/mol. The van der Waals surface area contributed by atoms with Crippen molar-refractivity contribution in [3.05, 3.63) is 0 Å². The van der Waals surface area contributed by atoms with E-state index in [2.05, 4.69) is 61.6 Å². The Morgan fingerprint density at radius 2 is 1.58 bits per heavy atom. The van der Waals surface area contributed by atoms with Gasteiger partial charge in [-0.1, -0.05) is 20.8 Å². The fourth-order valence-corrected chi connectivity index (χ4v) is 3.42. The first-order valence-electron chi connectivity index (χ1n) is 9.32. The number of likely N-dealkylation sites (N-methyl/N-ethyl adjacent to an activating group) is 1. The van der Waals surface area contributed by atoms with Crippen molar-refractivity contribution >= 4 is 29.9 Å². The van der Waals surface area contributed by atoms with Gasteiger partial charge < -0.3 is 15.1 Å². The van der Waals surface area contributed by atoms with E-state index in [1.165, 1.54) is 32.7 Å². The summed E-state index contributed by atoms with van der Waals surface area (Å²) in [6.07, 6.45) is 0. The van der Waals surface area contributed by atoms with Crippen molar-refractivity contribution in [3.63, 3.8) is 0 Å². The van der Waals surface area contributed by atoms with Gasteiger partial charge in [-0.15, -0.1) is 24.0 Å². The van der Waals surface area contributed by atoms with Crippen LogP contribution in [-0.2, 0) is 0 Å². The van der Waals surface area contributed by atoms with E-state index in [-0.39, 0.29) is 29.5 Å². The number of nitrogens with one attached hydrogen (secondary N) is 1. The lowest BCUT2D eigenvalue weighted by atomic mass is 9.65. The topological polar surface area (TPSA) is 34.1 Å². The third kappa shape index (κ3) is 4.75. The lowest BCUT2D eigenvalue weighted by Crippen LogP contribution is -2.72. The van der Waals surface area contributed by atoms with Crippen molar-refractivity contribution < 1.29 is 0 Å². The predicted octanol–water partition coefficient (Wildman–Crippen LogP) is 2.33. The van der Waals surface area contributed by atoms with Gasteiger partial charge in [0, 0.05) is 56.8 Å². The molecule has 0 aliphatic carbocycles. The van der Waals surface area contributed by atoms with E-state index >= 15 is 0 Å². The Hall–Kier alpha value is -0.0800. The normalized spacial score (nSPS) is 24.2. The Morgan fingerprint density at radius 1 is 1.00 bits per heavy atom. The third-order valence-corrected chi connectivity index (χ3v) is 6.06. The molecular formula is C18H38IN5. The van der Waals surface area contributed by atoms with E-state index in [0.29, 0.717) is 5.41 Å². The smallest absolute Gasteiger partial charge is 0.194 e. The summed E-state index contributed by atoms with van der Waals surface area (Å²) in [7, 11) is 0. The SMILES string of the molecule is CCNC(=NCCN1CCN(CC)CC1)N1CC(C)(C)C1(C)C.I. The molecule has 0 aromatic heterocycles. The number of hydrogen-bond donors (Lipinski definition) is 1. The maximum absolute atomic E-state index is 4.91. The Balaban J connectivity index is 0.00000288. The highest BCUT2D eigenvalue weighted by Gasteiger charge is 2.53. The Bertz CT molecular complexity index is 414. The number of aliphatic imine (C=N–C) groups is 1. The van der Waals surface area contributed by atoms with Gasteiger partial charge in [0.25, 0.3) is 0 Å². The van der Waals surface area contributed by atoms with E-state index in [1.54, 1.807) is 0 Å². The lowest BCUT2D eigenvalue weighted by molar-refractivity contribution is -0.0667. The molecule has 2 aliphatic rings. The van der Waals surface area contributed by atoms with E-state index in [1.807, 2.05) is 0 Å². The van der Waals surface area contributed by atoms with Crippen LogP contribution in [0.2, 0.25) is 0 Å². The number of nitrogens with zero attached hydrogens (tertiary/aromatic N) is 4. The minimum Gasteiger partial charge on any atom is -0.356 e. The number of guanidine groups is 1. The fourth-order valence-electron chi connectivity index (χ4n) is 3.42. The molecule has 0 amide bonds. The minimum atomic E-state index is 0. The molecule has 6 heteroatoms. The molecule has 0 aromatic rings. The summed E-state index contributed by atoms with van der Waals surface area (Å²) >= 11 is 0. The van der Waals surface area contributed by atoms with Crippen molar-refractivity contribution in [2.75, 3.05) is 58.9 Å². The molecule has 0 unspecified atom stereocenters. The van der Waals surface area contributed by atoms with Crippen LogP contribution < -0.4 is 5.32 Å². The standard InChI is InChI=1S/C18H37N5.HI/c1-7-19-16(23-15-17(3,4)18(23,5)6)20-9-10-22-13-11-21(8-2)12-14-22;/h7-15H2,1-6H3,(H,19,20);1H. The minimum absolute atomic E-state index is 0. The second-order valence-electron chi connectivity index (χ2n) is 8.04. The molecule has 2 heterocycles. The largest absolute Gasteiger partial charge is 0.356 e. The van der Waals surface area contributed by atoms with Gasteiger partial charge in [0.05, 0.1) is 6.54 Å². The second kappa shape index (κ2) is 9.03. The zero-order valence-electron chi connectivity index (χ0n) is 16.6. The number of hydrogen-bond acceptors (Lipinski definition) is 3. The molecule has 142 valence electrons. The summed E-state index contributed by atoms with van der Waals surface area (Å²) in [6, 6.07) is 0. The number of halogens is 1. The number of piperazine rings is 1. The Labute approximate surface area is 166 Å². The molecule has 0 bridgehead atoms. The summed E-state index contributed by atoms with van der Waals surface area (Å²) in [5.74, 6) is 1.09. The molecule has 2 rings (SSSR count). The highest BCUT2D eigenvalue weighted by atomic mass is 127. The van der Waals surface area contributed by atoms with Gasteiger partial charge >= 0.3 is 0 Å². The summed E-state index contributed by atoms with van der Waals surface area (Å²) < 4.78 is 0. The van der Waals surface area contributed by atoms with E-state index in [4.69, 9.17) is 4.99 Å². The van der Waals surface area contributed by atoms with Crippen LogP contribution in [0.3, 0.4) is 0 Å². The van der Waals surface area contributed by atoms with Crippen molar-refractivity contribution in [3.8, 4) is 0 Å². The highest BCUT2D eigenvalue weighted by Crippen LogP contribution is 2.46. The van der Waals surface area contributed by atoms with Gasteiger partial charge in [0.2, 0.25) is 0 Å². The molecule has 0 spiro atoms. The summed E-state index contributed by atoms with van der Waals surface area (Å²) in [6.45, 7) is 23.7. The lowest BCUT2D eigenvalue weighted by Gasteiger charge is -2.62. The quantitative estimate of drug-likeness (QED) is 0.395. The molecule has 24 heavy (non-hydrogen) atoms. The van der Waals surface area contributed by atoms with Gasteiger partial charge in [-0.25, -0.2) is 0 Å². The van der Waals surface area contributed by atoms with Crippen LogP contribution in [0, 0.1) is 5.41 Å². The Morgan fingerprint density at radius 3 is 2.04 bits per heavy atom. The molecule has 0 radical (unpaired) electrons. The van der Waals surface area contributed by atoms with Crippen molar-refractivity contribution in [2.24, 2.45) is 10.4 Å². The zero-order valence-corrected chi connectivity index (χ0v) is 18.9. The highest BCUT2D eigenvalue weighted by molar-refractivity contribution is 14.0. The molecule has 2 fully saturated rings. The van der Waals surface area contributed by atoms with E-state index in [0.717, 1.165) is 32.1 Å². The summed E-state index contributed by atoms with van der Waals surface area (Å²) in [5, 5.41) is 3.48. The number of likely N-dealkylation sites (tertiary alicyclic amines) is 1. The van der Waals surface area contributed by atoms with Gasteiger partial charge in [-0.3, -0.25) is 9.89 Å². The van der Waals surface area contributed by atoms with Crippen LogP contribution in [-0.4, -0.2) is 85.1 Å². The maximum Gasteiger partial charge on any atom is 0.194 e. The maximum atomic E-state index is 4.91. The van der Waals surface area contributed by atoms with Crippen molar-refractivity contribution in [2.45, 2.75) is 47.1 Å². The monoisotopic (exact) mass is 451 g/mol. The van der Waals surface area contributed by atoms with Crippen LogP contribution in [0.1, 0.15) is 41.5 Å². The van der Waals surface area contributed by atoms with Gasteiger partial charge in [0.1, 0.15) is 0 Å². The van der Waals surface area contributed by atoms with Gasteiger partial charge in [-0.2, -0.15) is 0 Å². The van der Waals surface area contributed by atoms with Crippen LogP contribution in [0.4, 0.5) is 0 Å². The first-order valence-corrected chi connectivity index (χ1v) is 9.32. The first kappa shape index (κ1) is 22.0. The van der Waals surface area contributed by atoms with Gasteiger partial charge in [0.15, 0.2) is 5.96 Å². The third-order valence-electron chi connectivity index (χ3n) is 6.06. The first-order chi connectivity index (χ1) is 10.8. The van der Waals surface area contributed by atoms with Crippen LogP contribution in [0.5, 0.6) is 0 Å². The average Bonchev–Trinajstić information content (AvgIpc) is 2.52. The van der Waals surface area contributed by atoms with E-state index < -0.39 is 0 Å². The molecule has 0 atom stereocenters. The average molecular weight is 451 g/mol. The van der Waals surface area contributed by atoms with Crippen LogP contribution >= 0.6 is 24.0 Å². The number of rotatable bonds is 5. The molecule has 0 aromatic carbocycles. The summed E-state index contributed by atoms with van der Waals surface area (Å²) in [5.41, 5.74) is 0.514. The molecule has 2 aliphatic heterocycles. The molecule has 2 saturated heterocycles. The Kier molecular flexibility index (Phi) is 8.26. The molecule has 5 nitrogen and oxygen atoms in total. The van der Waals surface area contributed by atoms with Crippen LogP contribution in [0.25, 0.3) is 0 Å².